The third kappa shape index (κ3) is 2.83. The van der Waals surface area contributed by atoms with Crippen LogP contribution in [-0.2, 0) is 11.3 Å². The Morgan fingerprint density at radius 3 is 2.87 bits per heavy atom. The molecule has 0 spiro atoms. The van der Waals surface area contributed by atoms with Gasteiger partial charge in [0.2, 0.25) is 0 Å². The lowest BCUT2D eigenvalue weighted by atomic mass is 10.0. The highest BCUT2D eigenvalue weighted by Crippen LogP contribution is 2.18. The molecule has 15 heavy (non-hydrogen) atoms. The smallest absolute Gasteiger partial charge is 0.0469 e. The Labute approximate surface area is 91.2 Å². The molecule has 1 atom stereocenters. The number of rotatable bonds is 3. The molecule has 3 heteroatoms. The highest BCUT2D eigenvalue weighted by molar-refractivity contribution is 5.13. The summed E-state index contributed by atoms with van der Waals surface area (Å²) in [7, 11) is 0. The minimum Gasteiger partial charge on any atom is -0.381 e. The number of nitrogens with two attached hydrogens (primary N) is 1. The topological polar surface area (TPSA) is 40.2 Å². The van der Waals surface area contributed by atoms with Gasteiger partial charge in [-0.25, -0.2) is 0 Å². The maximum absolute atomic E-state index is 5.83. The summed E-state index contributed by atoms with van der Waals surface area (Å²) in [4.78, 5) is 0. The van der Waals surface area contributed by atoms with E-state index in [2.05, 4.69) is 23.0 Å². The number of nitrogens with zero attached hydrogens (tertiary/aromatic N) is 1. The fraction of sp³-hybridized carbons (Fsp3) is 0.667. The zero-order valence-corrected chi connectivity index (χ0v) is 9.36. The minimum atomic E-state index is 0.140. The van der Waals surface area contributed by atoms with Gasteiger partial charge in [-0.1, -0.05) is 0 Å². The molecule has 1 fully saturated rings. The molecule has 1 aliphatic heterocycles. The Morgan fingerprint density at radius 1 is 1.53 bits per heavy atom. The van der Waals surface area contributed by atoms with Gasteiger partial charge >= 0.3 is 0 Å². The van der Waals surface area contributed by atoms with Crippen LogP contribution >= 0.6 is 0 Å². The van der Waals surface area contributed by atoms with Crippen molar-refractivity contribution in [3.63, 3.8) is 0 Å². The minimum absolute atomic E-state index is 0.140. The van der Waals surface area contributed by atoms with Gasteiger partial charge in [0.05, 0.1) is 0 Å². The number of hydrogen-bond donors (Lipinski definition) is 1. The molecule has 1 aromatic heterocycles. The molecule has 0 aromatic carbocycles. The SMILES string of the molecule is CC(N)c1ccn(CC2CCOCC2)c1. The van der Waals surface area contributed by atoms with Crippen molar-refractivity contribution in [2.45, 2.75) is 32.4 Å². The van der Waals surface area contributed by atoms with Crippen LogP contribution in [0.4, 0.5) is 0 Å². The van der Waals surface area contributed by atoms with Gasteiger partial charge in [-0.05, 0) is 37.3 Å². The van der Waals surface area contributed by atoms with E-state index in [4.69, 9.17) is 10.5 Å². The van der Waals surface area contributed by atoms with Crippen LogP contribution in [0.1, 0.15) is 31.4 Å². The third-order valence-electron chi connectivity index (χ3n) is 3.11. The first-order valence-electron chi connectivity index (χ1n) is 5.74. The zero-order chi connectivity index (χ0) is 10.7. The van der Waals surface area contributed by atoms with Crippen LogP contribution in [0.25, 0.3) is 0 Å². The first-order chi connectivity index (χ1) is 7.25. The standard InChI is InChI=1S/C12H20N2O/c1-10(13)12-2-5-14(9-12)8-11-3-6-15-7-4-11/h2,5,9-11H,3-4,6-8,13H2,1H3. The summed E-state index contributed by atoms with van der Waals surface area (Å²) in [6.07, 6.45) is 6.67. The van der Waals surface area contributed by atoms with Gasteiger partial charge in [0, 0.05) is 38.2 Å². The van der Waals surface area contributed by atoms with Crippen molar-refractivity contribution >= 4 is 0 Å². The predicted molar refractivity (Wildman–Crippen MR) is 60.6 cm³/mol. The van der Waals surface area contributed by atoms with Crippen LogP contribution < -0.4 is 5.73 Å². The van der Waals surface area contributed by atoms with Gasteiger partial charge in [0.15, 0.2) is 0 Å². The molecule has 1 unspecified atom stereocenters. The van der Waals surface area contributed by atoms with Gasteiger partial charge < -0.3 is 15.0 Å². The highest BCUT2D eigenvalue weighted by Gasteiger charge is 2.14. The zero-order valence-electron chi connectivity index (χ0n) is 9.36. The second kappa shape index (κ2) is 4.81. The number of hydrogen-bond acceptors (Lipinski definition) is 2. The van der Waals surface area contributed by atoms with Crippen molar-refractivity contribution in [3.05, 3.63) is 24.0 Å². The van der Waals surface area contributed by atoms with E-state index in [0.29, 0.717) is 0 Å². The van der Waals surface area contributed by atoms with Crippen LogP contribution in [0.2, 0.25) is 0 Å². The number of ether oxygens (including phenoxy) is 1. The van der Waals surface area contributed by atoms with Crippen LogP contribution in [0, 0.1) is 5.92 Å². The molecule has 2 rings (SSSR count). The quantitative estimate of drug-likeness (QED) is 0.824. The maximum Gasteiger partial charge on any atom is 0.0469 e. The fourth-order valence-corrected chi connectivity index (χ4v) is 2.07. The highest BCUT2D eigenvalue weighted by atomic mass is 16.5. The van der Waals surface area contributed by atoms with Crippen molar-refractivity contribution in [2.24, 2.45) is 11.7 Å². The Hall–Kier alpha value is -0.800. The largest absolute Gasteiger partial charge is 0.381 e. The molecule has 0 amide bonds. The lowest BCUT2D eigenvalue weighted by Crippen LogP contribution is -2.19. The van der Waals surface area contributed by atoms with Gasteiger partial charge in [0.1, 0.15) is 0 Å². The molecule has 0 bridgehead atoms. The van der Waals surface area contributed by atoms with Crippen LogP contribution in [0.5, 0.6) is 0 Å². The van der Waals surface area contributed by atoms with Crippen molar-refractivity contribution in [1.82, 2.24) is 4.57 Å². The fourth-order valence-electron chi connectivity index (χ4n) is 2.07. The van der Waals surface area contributed by atoms with Gasteiger partial charge in [-0.3, -0.25) is 0 Å². The van der Waals surface area contributed by atoms with E-state index in [-0.39, 0.29) is 6.04 Å². The van der Waals surface area contributed by atoms with E-state index in [1.807, 2.05) is 6.92 Å². The van der Waals surface area contributed by atoms with E-state index < -0.39 is 0 Å². The van der Waals surface area contributed by atoms with Gasteiger partial charge in [-0.2, -0.15) is 0 Å². The molecule has 1 aliphatic rings. The summed E-state index contributed by atoms with van der Waals surface area (Å²) in [6, 6.07) is 2.25. The Bertz CT molecular complexity index is 300. The predicted octanol–water partition coefficient (Wildman–Crippen LogP) is 1.93. The molecule has 2 N–H and O–H groups in total. The normalized spacial score (nSPS) is 20.4. The summed E-state index contributed by atoms with van der Waals surface area (Å²) >= 11 is 0. The van der Waals surface area contributed by atoms with Crippen LogP contribution in [0.15, 0.2) is 18.5 Å². The van der Waals surface area contributed by atoms with E-state index in [1.54, 1.807) is 0 Å². The maximum atomic E-state index is 5.83. The Morgan fingerprint density at radius 2 is 2.27 bits per heavy atom. The summed E-state index contributed by atoms with van der Waals surface area (Å²) in [6.45, 7) is 4.97. The summed E-state index contributed by atoms with van der Waals surface area (Å²) in [5.74, 6) is 0.770. The van der Waals surface area contributed by atoms with Crippen molar-refractivity contribution < 1.29 is 4.74 Å². The van der Waals surface area contributed by atoms with Gasteiger partial charge in [0.25, 0.3) is 0 Å². The summed E-state index contributed by atoms with van der Waals surface area (Å²) < 4.78 is 7.61. The third-order valence-corrected chi connectivity index (χ3v) is 3.11. The first-order valence-corrected chi connectivity index (χ1v) is 5.74. The van der Waals surface area contributed by atoms with E-state index in [9.17, 15) is 0 Å². The molecule has 1 saturated heterocycles. The molecular formula is C12H20N2O. The average Bonchev–Trinajstić information content (AvgIpc) is 2.68. The molecule has 84 valence electrons. The molecule has 3 nitrogen and oxygen atoms in total. The van der Waals surface area contributed by atoms with E-state index in [1.165, 1.54) is 18.4 Å². The first kappa shape index (κ1) is 10.7. The molecule has 2 heterocycles. The summed E-state index contributed by atoms with van der Waals surface area (Å²) in [5.41, 5.74) is 7.05. The lowest BCUT2D eigenvalue weighted by Gasteiger charge is -2.22. The molecular weight excluding hydrogens is 188 g/mol. The van der Waals surface area contributed by atoms with Crippen LogP contribution in [0.3, 0.4) is 0 Å². The van der Waals surface area contributed by atoms with Crippen molar-refractivity contribution in [2.75, 3.05) is 13.2 Å². The summed E-state index contributed by atoms with van der Waals surface area (Å²) in [5, 5.41) is 0. The van der Waals surface area contributed by atoms with Gasteiger partial charge in [-0.15, -0.1) is 0 Å². The van der Waals surface area contributed by atoms with Crippen molar-refractivity contribution in [1.29, 1.82) is 0 Å². The monoisotopic (exact) mass is 208 g/mol. The lowest BCUT2D eigenvalue weighted by molar-refractivity contribution is 0.0613. The van der Waals surface area contributed by atoms with E-state index in [0.717, 1.165) is 25.7 Å². The second-order valence-electron chi connectivity index (χ2n) is 4.49. The number of aromatic nitrogens is 1. The van der Waals surface area contributed by atoms with Crippen molar-refractivity contribution in [3.8, 4) is 0 Å². The molecule has 0 radical (unpaired) electrons. The van der Waals surface area contributed by atoms with E-state index >= 15 is 0 Å². The Balaban J connectivity index is 1.91. The van der Waals surface area contributed by atoms with Crippen LogP contribution in [-0.4, -0.2) is 17.8 Å². The average molecular weight is 208 g/mol. The molecule has 0 aliphatic carbocycles. The Kier molecular flexibility index (Phi) is 3.44. The molecule has 1 aromatic rings. The second-order valence-corrected chi connectivity index (χ2v) is 4.49. The molecule has 0 saturated carbocycles.